The second kappa shape index (κ2) is 11.9. The van der Waals surface area contributed by atoms with Crippen LogP contribution in [0.25, 0.3) is 11.5 Å². The number of benzene rings is 1. The predicted molar refractivity (Wildman–Crippen MR) is 122 cm³/mol. The van der Waals surface area contributed by atoms with Crippen molar-refractivity contribution >= 4 is 23.4 Å². The number of carbonyl (C=O) groups excluding carboxylic acids is 1. The summed E-state index contributed by atoms with van der Waals surface area (Å²) < 4.78 is 76.9. The predicted octanol–water partition coefficient (Wildman–Crippen LogP) is 4.80. The minimum atomic E-state index is -5.08. The number of nitrogens with one attached hydrogen (secondary N) is 3. The lowest BCUT2D eigenvalue weighted by Crippen LogP contribution is -2.35. The van der Waals surface area contributed by atoms with Gasteiger partial charge in [0.1, 0.15) is 5.82 Å². The van der Waals surface area contributed by atoms with E-state index in [-0.39, 0.29) is 11.6 Å². The van der Waals surface area contributed by atoms with E-state index in [2.05, 4.69) is 25.9 Å². The summed E-state index contributed by atoms with van der Waals surface area (Å²) in [6.07, 6.45) is -6.63. The van der Waals surface area contributed by atoms with Crippen molar-refractivity contribution in [1.82, 2.24) is 15.3 Å². The first-order valence-electron chi connectivity index (χ1n) is 11.0. The zero-order valence-electron chi connectivity index (χ0n) is 19.4. The van der Waals surface area contributed by atoms with Crippen molar-refractivity contribution < 1.29 is 45.5 Å². The lowest BCUT2D eigenvalue weighted by atomic mass is 10.1. The van der Waals surface area contributed by atoms with Crippen LogP contribution in [0.4, 0.5) is 37.8 Å². The van der Waals surface area contributed by atoms with Gasteiger partial charge in [-0.3, -0.25) is 4.79 Å². The summed E-state index contributed by atoms with van der Waals surface area (Å²) in [5, 5.41) is 16.1. The first-order chi connectivity index (χ1) is 17.8. The van der Waals surface area contributed by atoms with Crippen molar-refractivity contribution in [3.8, 4) is 11.5 Å². The molecule has 3 heterocycles. The number of piperidine rings is 1. The summed E-state index contributed by atoms with van der Waals surface area (Å²) in [6.45, 7) is 1.85. The molecule has 1 fully saturated rings. The normalized spacial score (nSPS) is 14.3. The van der Waals surface area contributed by atoms with E-state index in [1.165, 1.54) is 6.20 Å². The number of anilines is 2. The third-order valence-corrected chi connectivity index (χ3v) is 5.08. The Hall–Kier alpha value is -4.14. The molecule has 1 saturated heterocycles. The minimum Gasteiger partial charge on any atom is -0.475 e. The van der Waals surface area contributed by atoms with Crippen molar-refractivity contribution in [1.29, 1.82) is 0 Å². The quantitative estimate of drug-likeness (QED) is 0.337. The van der Waals surface area contributed by atoms with Crippen LogP contribution >= 0.6 is 0 Å². The Kier molecular flexibility index (Phi) is 8.93. The Balaban J connectivity index is 0.000000505. The summed E-state index contributed by atoms with van der Waals surface area (Å²) in [4.78, 5) is 29.5. The van der Waals surface area contributed by atoms with Crippen LogP contribution in [0, 0.1) is 0 Å². The summed E-state index contributed by atoms with van der Waals surface area (Å²) in [5.41, 5.74) is -0.247. The molecule has 1 aliphatic heterocycles. The van der Waals surface area contributed by atoms with E-state index in [9.17, 15) is 31.1 Å². The summed E-state index contributed by atoms with van der Waals surface area (Å²) in [6, 6.07) is 11.6. The van der Waals surface area contributed by atoms with E-state index in [1.807, 2.05) is 0 Å². The number of pyridine rings is 1. The SMILES string of the molecule is O=C(Nc1ccc(NC2CCNCC2)nc1)c1nc(-c2ccccc2)oc1C(F)(F)F.O=C(O)C(F)(F)F. The topological polar surface area (TPSA) is 129 Å². The molecule has 15 heteroatoms. The Morgan fingerprint density at radius 1 is 1.00 bits per heavy atom. The van der Waals surface area contributed by atoms with Crippen molar-refractivity contribution in [2.24, 2.45) is 0 Å². The third kappa shape index (κ3) is 7.93. The number of halogens is 6. The molecule has 4 rings (SSSR count). The van der Waals surface area contributed by atoms with Gasteiger partial charge in [-0.25, -0.2) is 14.8 Å². The van der Waals surface area contributed by atoms with Crippen molar-refractivity contribution in [3.05, 3.63) is 60.1 Å². The van der Waals surface area contributed by atoms with E-state index in [4.69, 9.17) is 14.3 Å². The van der Waals surface area contributed by atoms with Crippen molar-refractivity contribution in [2.75, 3.05) is 23.7 Å². The van der Waals surface area contributed by atoms with Gasteiger partial charge in [0.2, 0.25) is 11.7 Å². The molecule has 9 nitrogen and oxygen atoms in total. The smallest absolute Gasteiger partial charge is 0.475 e. The number of carboxylic acids is 1. The fourth-order valence-corrected chi connectivity index (χ4v) is 3.29. The molecule has 0 spiro atoms. The highest BCUT2D eigenvalue weighted by atomic mass is 19.4. The van der Waals surface area contributed by atoms with Crippen LogP contribution in [0.2, 0.25) is 0 Å². The second-order valence-corrected chi connectivity index (χ2v) is 7.92. The van der Waals surface area contributed by atoms with Crippen LogP contribution in [0.3, 0.4) is 0 Å². The molecule has 1 amide bonds. The van der Waals surface area contributed by atoms with Gasteiger partial charge >= 0.3 is 18.3 Å². The average Bonchev–Trinajstić information content (AvgIpc) is 3.33. The van der Waals surface area contributed by atoms with Gasteiger partial charge in [-0.15, -0.1) is 0 Å². The largest absolute Gasteiger partial charge is 0.490 e. The van der Waals surface area contributed by atoms with Gasteiger partial charge in [-0.1, -0.05) is 18.2 Å². The second-order valence-electron chi connectivity index (χ2n) is 7.92. The highest BCUT2D eigenvalue weighted by molar-refractivity contribution is 6.04. The number of hydrogen-bond donors (Lipinski definition) is 4. The Labute approximate surface area is 211 Å². The van der Waals surface area contributed by atoms with E-state index in [1.54, 1.807) is 42.5 Å². The van der Waals surface area contributed by atoms with E-state index in [0.29, 0.717) is 17.4 Å². The molecule has 2 aromatic heterocycles. The Bertz CT molecular complexity index is 1220. The van der Waals surface area contributed by atoms with Crippen LogP contribution in [-0.2, 0) is 11.0 Å². The maximum atomic E-state index is 13.4. The highest BCUT2D eigenvalue weighted by Gasteiger charge is 2.42. The molecule has 38 heavy (non-hydrogen) atoms. The van der Waals surface area contributed by atoms with Gasteiger partial charge in [0.25, 0.3) is 5.91 Å². The van der Waals surface area contributed by atoms with E-state index < -0.39 is 35.7 Å². The minimum absolute atomic E-state index is 0.248. The van der Waals surface area contributed by atoms with Gasteiger partial charge in [-0.2, -0.15) is 26.3 Å². The summed E-state index contributed by atoms with van der Waals surface area (Å²) in [7, 11) is 0. The van der Waals surface area contributed by atoms with Crippen LogP contribution in [0.15, 0.2) is 53.1 Å². The Morgan fingerprint density at radius 2 is 1.63 bits per heavy atom. The average molecular weight is 545 g/mol. The summed E-state index contributed by atoms with van der Waals surface area (Å²) in [5.74, 6) is -4.88. The van der Waals surface area contributed by atoms with Crippen molar-refractivity contribution in [2.45, 2.75) is 31.2 Å². The molecule has 0 radical (unpaired) electrons. The first kappa shape index (κ1) is 28.4. The Morgan fingerprint density at radius 3 is 2.16 bits per heavy atom. The fraction of sp³-hybridized carbons (Fsp3) is 0.304. The molecular formula is C23H21F6N5O4. The van der Waals surface area contributed by atoms with Crippen LogP contribution in [0.5, 0.6) is 0 Å². The number of aliphatic carboxylic acids is 1. The molecule has 4 N–H and O–H groups in total. The molecule has 0 atom stereocenters. The number of nitrogens with zero attached hydrogens (tertiary/aromatic N) is 2. The van der Waals surface area contributed by atoms with Crippen LogP contribution < -0.4 is 16.0 Å². The lowest BCUT2D eigenvalue weighted by molar-refractivity contribution is -0.192. The molecule has 0 unspecified atom stereocenters. The zero-order valence-corrected chi connectivity index (χ0v) is 19.4. The molecule has 0 saturated carbocycles. The molecule has 204 valence electrons. The van der Waals surface area contributed by atoms with Gasteiger partial charge in [-0.05, 0) is 50.2 Å². The summed E-state index contributed by atoms with van der Waals surface area (Å²) >= 11 is 0. The zero-order chi connectivity index (χ0) is 27.9. The van der Waals surface area contributed by atoms with Gasteiger partial charge in [0, 0.05) is 11.6 Å². The van der Waals surface area contributed by atoms with Gasteiger partial charge < -0.3 is 25.5 Å². The molecular weight excluding hydrogens is 524 g/mol. The van der Waals surface area contributed by atoms with Crippen molar-refractivity contribution in [3.63, 3.8) is 0 Å². The van der Waals surface area contributed by atoms with E-state index in [0.717, 1.165) is 25.9 Å². The van der Waals surface area contributed by atoms with Crippen LogP contribution in [0.1, 0.15) is 29.1 Å². The van der Waals surface area contributed by atoms with Gasteiger partial charge in [0.15, 0.2) is 5.69 Å². The molecule has 3 aromatic rings. The maximum absolute atomic E-state index is 13.4. The number of rotatable bonds is 5. The van der Waals surface area contributed by atoms with Crippen LogP contribution in [-0.4, -0.2) is 52.3 Å². The molecule has 0 aliphatic carbocycles. The van der Waals surface area contributed by atoms with E-state index >= 15 is 0 Å². The highest BCUT2D eigenvalue weighted by Crippen LogP contribution is 2.35. The fourth-order valence-electron chi connectivity index (χ4n) is 3.29. The number of hydrogen-bond acceptors (Lipinski definition) is 7. The number of carbonyl (C=O) groups is 2. The monoisotopic (exact) mass is 545 g/mol. The number of oxazole rings is 1. The number of carboxylic acid groups (broad SMARTS) is 1. The number of alkyl halides is 6. The number of amides is 1. The molecule has 1 aliphatic rings. The third-order valence-electron chi connectivity index (χ3n) is 5.08. The first-order valence-corrected chi connectivity index (χ1v) is 11.0. The standard InChI is InChI=1S/C21H20F3N5O2.C2HF3O2/c22-21(23,24)18-17(29-20(31-18)13-4-2-1-3-5-13)19(30)28-15-6-7-16(26-12-15)27-14-8-10-25-11-9-14;3-2(4,5)1(6)7/h1-7,12,14,25H,8-11H2,(H,26,27)(H,28,30);(H,6,7). The maximum Gasteiger partial charge on any atom is 0.490 e. The molecule has 1 aromatic carbocycles. The number of aromatic nitrogens is 2. The lowest BCUT2D eigenvalue weighted by Gasteiger charge is -2.24. The molecule has 0 bridgehead atoms. The van der Waals surface area contributed by atoms with Gasteiger partial charge in [0.05, 0.1) is 11.9 Å².